The third-order valence-electron chi connectivity index (χ3n) is 2.41. The van der Waals surface area contributed by atoms with E-state index < -0.39 is 0 Å². The van der Waals surface area contributed by atoms with E-state index in [9.17, 15) is 0 Å². The number of nitrogens with zero attached hydrogens (tertiary/aromatic N) is 3. The van der Waals surface area contributed by atoms with Gasteiger partial charge < -0.3 is 9.64 Å². The standard InChI is InChI=1S/C10H18BrN5O/c1-4-16(7(2)6-17-3)9-8(11)5-13-10(14-9)15-12/h5,7H,4,6,12H2,1-3H3,(H,13,14,15). The van der Waals surface area contributed by atoms with Crippen LogP contribution in [-0.4, -0.2) is 36.3 Å². The molecule has 1 aromatic heterocycles. The largest absolute Gasteiger partial charge is 0.383 e. The molecule has 6 nitrogen and oxygen atoms in total. The van der Waals surface area contributed by atoms with Gasteiger partial charge in [0.1, 0.15) is 5.82 Å². The van der Waals surface area contributed by atoms with Crippen molar-refractivity contribution in [3.63, 3.8) is 0 Å². The Hall–Kier alpha value is -0.920. The van der Waals surface area contributed by atoms with Crippen LogP contribution in [0.25, 0.3) is 0 Å². The van der Waals surface area contributed by atoms with E-state index in [0.717, 1.165) is 16.8 Å². The van der Waals surface area contributed by atoms with Crippen molar-refractivity contribution in [1.82, 2.24) is 9.97 Å². The Kier molecular flexibility index (Phi) is 5.60. The maximum absolute atomic E-state index is 5.31. The van der Waals surface area contributed by atoms with Gasteiger partial charge in [-0.3, -0.25) is 5.43 Å². The monoisotopic (exact) mass is 303 g/mol. The number of nitrogens with two attached hydrogens (primary N) is 1. The van der Waals surface area contributed by atoms with Crippen molar-refractivity contribution in [3.8, 4) is 0 Å². The third-order valence-corrected chi connectivity index (χ3v) is 2.97. The molecule has 7 heteroatoms. The minimum absolute atomic E-state index is 0.224. The average molecular weight is 304 g/mol. The molecule has 0 aliphatic rings. The van der Waals surface area contributed by atoms with E-state index in [1.54, 1.807) is 13.3 Å². The number of anilines is 2. The van der Waals surface area contributed by atoms with Crippen LogP contribution in [0.2, 0.25) is 0 Å². The van der Waals surface area contributed by atoms with Gasteiger partial charge in [-0.05, 0) is 29.8 Å². The van der Waals surface area contributed by atoms with Crippen molar-refractivity contribution in [3.05, 3.63) is 10.7 Å². The SMILES string of the molecule is CCN(c1nc(NN)ncc1Br)C(C)COC. The summed E-state index contributed by atoms with van der Waals surface area (Å²) in [6, 6.07) is 0.224. The molecule has 96 valence electrons. The first-order chi connectivity index (χ1) is 8.13. The zero-order chi connectivity index (χ0) is 12.8. The highest BCUT2D eigenvalue weighted by molar-refractivity contribution is 9.10. The first-order valence-corrected chi connectivity index (χ1v) is 6.18. The van der Waals surface area contributed by atoms with Gasteiger partial charge in [0.25, 0.3) is 0 Å². The Morgan fingerprint density at radius 1 is 1.65 bits per heavy atom. The summed E-state index contributed by atoms with van der Waals surface area (Å²) < 4.78 is 6.00. The van der Waals surface area contributed by atoms with Crippen LogP contribution in [0, 0.1) is 0 Å². The molecule has 0 bridgehead atoms. The summed E-state index contributed by atoms with van der Waals surface area (Å²) in [7, 11) is 1.69. The van der Waals surface area contributed by atoms with Gasteiger partial charge in [-0.15, -0.1) is 0 Å². The van der Waals surface area contributed by atoms with Crippen molar-refractivity contribution in [1.29, 1.82) is 0 Å². The third kappa shape index (κ3) is 3.52. The minimum Gasteiger partial charge on any atom is -0.383 e. The van der Waals surface area contributed by atoms with Crippen molar-refractivity contribution in [2.24, 2.45) is 5.84 Å². The van der Waals surface area contributed by atoms with Crippen LogP contribution in [0.4, 0.5) is 11.8 Å². The predicted molar refractivity (Wildman–Crippen MR) is 71.9 cm³/mol. The minimum atomic E-state index is 0.224. The zero-order valence-electron chi connectivity index (χ0n) is 10.3. The second-order valence-electron chi connectivity index (χ2n) is 3.60. The van der Waals surface area contributed by atoms with E-state index in [1.165, 1.54) is 0 Å². The van der Waals surface area contributed by atoms with E-state index in [1.807, 2.05) is 0 Å². The van der Waals surface area contributed by atoms with Gasteiger partial charge in [0, 0.05) is 19.9 Å². The van der Waals surface area contributed by atoms with Crippen LogP contribution in [0.15, 0.2) is 10.7 Å². The number of halogens is 1. The van der Waals surface area contributed by atoms with Crippen LogP contribution in [0.3, 0.4) is 0 Å². The molecule has 17 heavy (non-hydrogen) atoms. The van der Waals surface area contributed by atoms with E-state index in [0.29, 0.717) is 12.6 Å². The fraction of sp³-hybridized carbons (Fsp3) is 0.600. The molecule has 0 amide bonds. The first kappa shape index (κ1) is 14.1. The Labute approximate surface area is 110 Å². The number of hydrazine groups is 1. The summed E-state index contributed by atoms with van der Waals surface area (Å²) >= 11 is 3.44. The van der Waals surface area contributed by atoms with Gasteiger partial charge in [0.2, 0.25) is 5.95 Å². The van der Waals surface area contributed by atoms with Crippen LogP contribution >= 0.6 is 15.9 Å². The second-order valence-corrected chi connectivity index (χ2v) is 4.45. The molecule has 1 aromatic rings. The summed E-state index contributed by atoms with van der Waals surface area (Å²) in [5.74, 6) is 6.51. The summed E-state index contributed by atoms with van der Waals surface area (Å²) in [6.45, 7) is 5.60. The number of methoxy groups -OCH3 is 1. The highest BCUT2D eigenvalue weighted by atomic mass is 79.9. The van der Waals surface area contributed by atoms with Crippen molar-refractivity contribution >= 4 is 27.7 Å². The number of rotatable bonds is 6. The van der Waals surface area contributed by atoms with Gasteiger partial charge in [-0.25, -0.2) is 10.8 Å². The van der Waals surface area contributed by atoms with Gasteiger partial charge >= 0.3 is 0 Å². The van der Waals surface area contributed by atoms with Crippen LogP contribution < -0.4 is 16.2 Å². The Bertz CT molecular complexity index is 363. The molecule has 1 atom stereocenters. The highest BCUT2D eigenvalue weighted by Crippen LogP contribution is 2.25. The molecule has 3 N–H and O–H groups in total. The molecule has 1 unspecified atom stereocenters. The van der Waals surface area contributed by atoms with E-state index >= 15 is 0 Å². The number of aromatic nitrogens is 2. The van der Waals surface area contributed by atoms with Crippen LogP contribution in [0.5, 0.6) is 0 Å². The molecule has 1 heterocycles. The number of hydrogen-bond acceptors (Lipinski definition) is 6. The van der Waals surface area contributed by atoms with Gasteiger partial charge in [-0.2, -0.15) is 4.98 Å². The fourth-order valence-electron chi connectivity index (χ4n) is 1.63. The lowest BCUT2D eigenvalue weighted by Crippen LogP contribution is -2.37. The molecule has 0 saturated carbocycles. The van der Waals surface area contributed by atoms with Gasteiger partial charge in [0.15, 0.2) is 0 Å². The number of ether oxygens (including phenoxy) is 1. The van der Waals surface area contributed by atoms with E-state index in [4.69, 9.17) is 10.6 Å². The molecule has 0 aliphatic carbocycles. The maximum atomic E-state index is 5.31. The molecule has 0 aliphatic heterocycles. The zero-order valence-corrected chi connectivity index (χ0v) is 11.9. The molecule has 0 radical (unpaired) electrons. The average Bonchev–Trinajstić information content (AvgIpc) is 2.33. The quantitative estimate of drug-likeness (QED) is 0.611. The summed E-state index contributed by atoms with van der Waals surface area (Å²) in [5, 5.41) is 0. The summed E-state index contributed by atoms with van der Waals surface area (Å²) in [4.78, 5) is 10.5. The molecular weight excluding hydrogens is 286 g/mol. The Balaban J connectivity index is 3.01. The first-order valence-electron chi connectivity index (χ1n) is 5.38. The number of likely N-dealkylation sites (N-methyl/N-ethyl adjacent to an activating group) is 1. The van der Waals surface area contributed by atoms with Gasteiger partial charge in [0.05, 0.1) is 17.1 Å². The topological polar surface area (TPSA) is 76.3 Å². The maximum Gasteiger partial charge on any atom is 0.239 e. The molecule has 0 aromatic carbocycles. The van der Waals surface area contributed by atoms with Crippen LogP contribution in [-0.2, 0) is 4.74 Å². The molecule has 1 rings (SSSR count). The molecular formula is C10H18BrN5O. The summed E-state index contributed by atoms with van der Waals surface area (Å²) in [5.41, 5.74) is 2.44. The second kappa shape index (κ2) is 6.73. The lowest BCUT2D eigenvalue weighted by atomic mass is 10.3. The normalized spacial score (nSPS) is 12.3. The van der Waals surface area contributed by atoms with Crippen molar-refractivity contribution in [2.75, 3.05) is 30.6 Å². The lowest BCUT2D eigenvalue weighted by Gasteiger charge is -2.29. The Morgan fingerprint density at radius 3 is 2.88 bits per heavy atom. The van der Waals surface area contributed by atoms with E-state index in [-0.39, 0.29) is 6.04 Å². The number of nitrogens with one attached hydrogen (secondary N) is 1. The molecule has 0 saturated heterocycles. The van der Waals surface area contributed by atoms with Crippen LogP contribution in [0.1, 0.15) is 13.8 Å². The fourth-order valence-corrected chi connectivity index (χ4v) is 2.05. The smallest absolute Gasteiger partial charge is 0.239 e. The number of hydrogen-bond donors (Lipinski definition) is 2. The Morgan fingerprint density at radius 2 is 2.35 bits per heavy atom. The predicted octanol–water partition coefficient (Wildman–Crippen LogP) is 1.39. The number of nitrogen functional groups attached to an aromatic ring is 1. The van der Waals surface area contributed by atoms with Gasteiger partial charge in [-0.1, -0.05) is 0 Å². The van der Waals surface area contributed by atoms with Crippen molar-refractivity contribution < 1.29 is 4.74 Å². The molecule has 0 fully saturated rings. The lowest BCUT2D eigenvalue weighted by molar-refractivity contribution is 0.181. The van der Waals surface area contributed by atoms with E-state index in [2.05, 4.69) is 50.1 Å². The van der Waals surface area contributed by atoms with Crippen molar-refractivity contribution in [2.45, 2.75) is 19.9 Å². The molecule has 0 spiro atoms. The summed E-state index contributed by atoms with van der Waals surface area (Å²) in [6.07, 6.45) is 1.68. The highest BCUT2D eigenvalue weighted by Gasteiger charge is 2.17.